The van der Waals surface area contributed by atoms with Crippen molar-refractivity contribution >= 4 is 5.91 Å². The molecule has 1 atom stereocenters. The molecule has 1 aliphatic heterocycles. The van der Waals surface area contributed by atoms with E-state index in [1.165, 1.54) is 19.1 Å². The van der Waals surface area contributed by atoms with Gasteiger partial charge >= 0.3 is 0 Å². The second-order valence-corrected chi connectivity index (χ2v) is 8.27. The van der Waals surface area contributed by atoms with Crippen LogP contribution < -0.4 is 15.0 Å². The van der Waals surface area contributed by atoms with Crippen molar-refractivity contribution in [2.24, 2.45) is 0 Å². The second-order valence-electron chi connectivity index (χ2n) is 8.27. The van der Waals surface area contributed by atoms with Gasteiger partial charge < -0.3 is 24.2 Å². The van der Waals surface area contributed by atoms with E-state index in [0.717, 1.165) is 16.8 Å². The van der Waals surface area contributed by atoms with E-state index in [4.69, 9.17) is 14.2 Å². The van der Waals surface area contributed by atoms with Gasteiger partial charge in [-0.3, -0.25) is 19.1 Å². The van der Waals surface area contributed by atoms with Gasteiger partial charge in [-0.05, 0) is 25.5 Å². The molecule has 1 unspecified atom stereocenters. The molecular weight excluding hydrogens is 490 g/mol. The predicted octanol–water partition coefficient (Wildman–Crippen LogP) is 2.79. The fourth-order valence-electron chi connectivity index (χ4n) is 4.36. The molecule has 12 heteroatoms. The number of para-hydroxylation sites is 1. The van der Waals surface area contributed by atoms with Crippen LogP contribution in [0.4, 0.5) is 8.78 Å². The lowest BCUT2D eigenvalue weighted by atomic mass is 10.0. The Balaban J connectivity index is 1.78. The number of amides is 1. The molecule has 1 saturated heterocycles. The summed E-state index contributed by atoms with van der Waals surface area (Å²) in [7, 11) is 2.83. The minimum atomic E-state index is -0.857. The average Bonchev–Trinajstić information content (AvgIpc) is 3.37. The molecule has 4 rings (SSSR count). The molecule has 1 aliphatic rings. The van der Waals surface area contributed by atoms with Gasteiger partial charge in [0.1, 0.15) is 41.3 Å². The second kappa shape index (κ2) is 10.9. The molecule has 1 fully saturated rings. The van der Waals surface area contributed by atoms with Crippen LogP contribution in [0.2, 0.25) is 0 Å². The molecule has 10 nitrogen and oxygen atoms in total. The van der Waals surface area contributed by atoms with Gasteiger partial charge in [0, 0.05) is 31.7 Å². The normalized spacial score (nSPS) is 15.2. The maximum absolute atomic E-state index is 14.3. The quantitative estimate of drug-likeness (QED) is 0.486. The van der Waals surface area contributed by atoms with Crippen LogP contribution in [0.25, 0.3) is 5.69 Å². The molecule has 3 heterocycles. The van der Waals surface area contributed by atoms with E-state index in [9.17, 15) is 23.5 Å². The van der Waals surface area contributed by atoms with Gasteiger partial charge in [-0.2, -0.15) is 4.98 Å². The van der Waals surface area contributed by atoms with Crippen LogP contribution in [0.1, 0.15) is 41.1 Å². The van der Waals surface area contributed by atoms with Crippen molar-refractivity contribution in [3.05, 3.63) is 69.5 Å². The Morgan fingerprint density at radius 2 is 1.92 bits per heavy atom. The topological polar surface area (TPSA) is 116 Å². The van der Waals surface area contributed by atoms with Gasteiger partial charge in [-0.15, -0.1) is 0 Å². The van der Waals surface area contributed by atoms with Crippen molar-refractivity contribution in [3.8, 4) is 23.1 Å². The number of hydrogen-bond acceptors (Lipinski definition) is 8. The van der Waals surface area contributed by atoms with E-state index >= 15 is 0 Å². The molecule has 0 saturated carbocycles. The smallest absolute Gasteiger partial charge is 0.275 e. The summed E-state index contributed by atoms with van der Waals surface area (Å²) < 4.78 is 45.0. The van der Waals surface area contributed by atoms with Gasteiger partial charge in [0.2, 0.25) is 5.88 Å². The first-order valence-electron chi connectivity index (χ1n) is 11.5. The highest BCUT2D eigenvalue weighted by Gasteiger charge is 2.35. The van der Waals surface area contributed by atoms with E-state index in [1.807, 2.05) is 0 Å². The Bertz CT molecular complexity index is 1360. The zero-order chi connectivity index (χ0) is 26.7. The average molecular weight is 517 g/mol. The molecule has 0 aliphatic carbocycles. The van der Waals surface area contributed by atoms with Crippen LogP contribution in [-0.2, 0) is 11.3 Å². The van der Waals surface area contributed by atoms with Crippen molar-refractivity contribution < 1.29 is 32.9 Å². The van der Waals surface area contributed by atoms with Crippen LogP contribution >= 0.6 is 0 Å². The van der Waals surface area contributed by atoms with Gasteiger partial charge in [-0.25, -0.2) is 8.78 Å². The molecule has 37 heavy (non-hydrogen) atoms. The number of aromatic nitrogens is 3. The van der Waals surface area contributed by atoms with Crippen LogP contribution in [-0.4, -0.2) is 64.4 Å². The zero-order valence-corrected chi connectivity index (χ0v) is 20.5. The van der Waals surface area contributed by atoms with E-state index in [-0.39, 0.29) is 48.4 Å². The molecule has 1 N–H and O–H groups in total. The summed E-state index contributed by atoms with van der Waals surface area (Å²) in [5.74, 6) is -3.10. The van der Waals surface area contributed by atoms with E-state index < -0.39 is 40.5 Å². The Kier molecular flexibility index (Phi) is 7.67. The van der Waals surface area contributed by atoms with Gasteiger partial charge in [0.25, 0.3) is 11.5 Å². The van der Waals surface area contributed by atoms with Crippen LogP contribution in [0.3, 0.4) is 0 Å². The molecule has 1 amide bonds. The van der Waals surface area contributed by atoms with Crippen molar-refractivity contribution in [3.63, 3.8) is 0 Å². The van der Waals surface area contributed by atoms with Crippen molar-refractivity contribution in [2.45, 2.75) is 25.9 Å². The zero-order valence-electron chi connectivity index (χ0n) is 20.5. The SMILES string of the molecule is CCOCc1nc(O)c(C(=O)N2CCC(c3ncc(F)cc3F)C2)c(=O)n1-c1c(OC)cccc1OC. The standard InChI is InChI=1S/C25H26F2N4O6/c1-4-37-13-19-29-23(32)20(25(34)31(19)22-17(35-2)6-5-7-18(22)36-3)24(33)30-9-8-14(12-30)21-16(27)10-15(26)11-28-21/h5-7,10-11,14,32H,4,8-9,12-13H2,1-3H3. The summed E-state index contributed by atoms with van der Waals surface area (Å²) >= 11 is 0. The third-order valence-corrected chi connectivity index (χ3v) is 6.11. The fourth-order valence-corrected chi connectivity index (χ4v) is 4.36. The monoisotopic (exact) mass is 516 g/mol. The molecule has 0 bridgehead atoms. The molecule has 1 aromatic carbocycles. The molecule has 3 aromatic rings. The molecule has 0 spiro atoms. The number of nitrogens with zero attached hydrogens (tertiary/aromatic N) is 4. The first-order chi connectivity index (χ1) is 17.8. The maximum atomic E-state index is 14.3. The Morgan fingerprint density at radius 1 is 1.22 bits per heavy atom. The maximum Gasteiger partial charge on any atom is 0.275 e. The van der Waals surface area contributed by atoms with Crippen molar-refractivity contribution in [1.29, 1.82) is 0 Å². The minimum Gasteiger partial charge on any atom is -0.494 e. The molecular formula is C25H26F2N4O6. The number of hydrogen-bond donors (Lipinski definition) is 1. The Hall–Kier alpha value is -4.06. The summed E-state index contributed by atoms with van der Waals surface area (Å²) in [6.07, 6.45) is 1.25. The summed E-state index contributed by atoms with van der Waals surface area (Å²) in [5.41, 5.74) is -1.21. The Labute approximate surface area is 211 Å². The number of halogens is 2. The predicted molar refractivity (Wildman–Crippen MR) is 127 cm³/mol. The molecule has 196 valence electrons. The molecule has 0 radical (unpaired) electrons. The summed E-state index contributed by atoms with van der Waals surface area (Å²) in [6.45, 7) is 2.11. The van der Waals surface area contributed by atoms with Crippen LogP contribution in [0, 0.1) is 11.6 Å². The summed E-state index contributed by atoms with van der Waals surface area (Å²) in [4.78, 5) is 36.5. The number of aromatic hydroxyl groups is 1. The van der Waals surface area contributed by atoms with Crippen molar-refractivity contribution in [2.75, 3.05) is 33.9 Å². The number of likely N-dealkylation sites (tertiary alicyclic amines) is 1. The summed E-state index contributed by atoms with van der Waals surface area (Å²) in [6, 6.07) is 5.62. The highest BCUT2D eigenvalue weighted by molar-refractivity contribution is 5.96. The fraction of sp³-hybridized carbons (Fsp3) is 0.360. The lowest BCUT2D eigenvalue weighted by Crippen LogP contribution is -2.37. The lowest BCUT2D eigenvalue weighted by Gasteiger charge is -2.21. The number of ether oxygens (including phenoxy) is 3. The number of benzene rings is 1. The van der Waals surface area contributed by atoms with Crippen LogP contribution in [0.15, 0.2) is 35.3 Å². The number of carbonyl (C=O) groups excluding carboxylic acids is 1. The van der Waals surface area contributed by atoms with Gasteiger partial charge in [-0.1, -0.05) is 6.07 Å². The van der Waals surface area contributed by atoms with Crippen LogP contribution in [0.5, 0.6) is 17.4 Å². The van der Waals surface area contributed by atoms with Gasteiger partial charge in [0.05, 0.1) is 26.1 Å². The first-order valence-corrected chi connectivity index (χ1v) is 11.5. The third-order valence-electron chi connectivity index (χ3n) is 6.11. The summed E-state index contributed by atoms with van der Waals surface area (Å²) in [5, 5.41) is 10.7. The highest BCUT2D eigenvalue weighted by Crippen LogP contribution is 2.34. The number of methoxy groups -OCH3 is 2. The Morgan fingerprint density at radius 3 is 2.54 bits per heavy atom. The minimum absolute atomic E-state index is 0.0198. The largest absolute Gasteiger partial charge is 0.494 e. The van der Waals surface area contributed by atoms with E-state index in [1.54, 1.807) is 25.1 Å². The molecule has 2 aromatic heterocycles. The van der Waals surface area contributed by atoms with E-state index in [0.29, 0.717) is 13.0 Å². The van der Waals surface area contributed by atoms with Gasteiger partial charge in [0.15, 0.2) is 5.56 Å². The lowest BCUT2D eigenvalue weighted by molar-refractivity contribution is 0.0782. The van der Waals surface area contributed by atoms with Crippen molar-refractivity contribution in [1.82, 2.24) is 19.4 Å². The van der Waals surface area contributed by atoms with E-state index in [2.05, 4.69) is 9.97 Å². The highest BCUT2D eigenvalue weighted by atomic mass is 19.1. The number of rotatable bonds is 8. The number of carbonyl (C=O) groups is 1. The number of pyridine rings is 1. The first kappa shape index (κ1) is 26.0. The third kappa shape index (κ3) is 4.96.